The minimum atomic E-state index is -3.97. The monoisotopic (exact) mass is 477 g/mol. The Labute approximate surface area is 192 Å². The standard InChI is InChI=1S/C22H27N3O7S/c1-14-6-8-16-17(12-22(2,3)32-20(16)10-14)23-21(26)13-24(33(5,29)30)18-11-15(25(27)28)7-9-19(18)31-4/h6-11,17H,12-13H2,1-5H3,(H,23,26). The summed E-state index contributed by atoms with van der Waals surface area (Å²) in [5, 5.41) is 14.1. The number of nitrogens with zero attached hydrogens (tertiary/aromatic N) is 2. The molecular weight excluding hydrogens is 450 g/mol. The van der Waals surface area contributed by atoms with Crippen molar-refractivity contribution in [3.8, 4) is 11.5 Å². The number of methoxy groups -OCH3 is 1. The van der Waals surface area contributed by atoms with E-state index >= 15 is 0 Å². The first-order valence-corrected chi connectivity index (χ1v) is 12.0. The lowest BCUT2D eigenvalue weighted by Crippen LogP contribution is -2.45. The molecule has 1 heterocycles. The van der Waals surface area contributed by atoms with Gasteiger partial charge in [-0.1, -0.05) is 12.1 Å². The Kier molecular flexibility index (Phi) is 6.55. The van der Waals surface area contributed by atoms with Gasteiger partial charge >= 0.3 is 0 Å². The lowest BCUT2D eigenvalue weighted by molar-refractivity contribution is -0.384. The minimum absolute atomic E-state index is 0.0897. The fraction of sp³-hybridized carbons (Fsp3) is 0.409. The molecule has 11 heteroatoms. The highest BCUT2D eigenvalue weighted by Gasteiger charge is 2.35. The van der Waals surface area contributed by atoms with E-state index in [0.717, 1.165) is 27.8 Å². The van der Waals surface area contributed by atoms with Gasteiger partial charge in [-0.2, -0.15) is 0 Å². The SMILES string of the molecule is COc1ccc([N+](=O)[O-])cc1N(CC(=O)NC1CC(C)(C)Oc2cc(C)ccc21)S(C)(=O)=O. The first-order chi connectivity index (χ1) is 15.3. The van der Waals surface area contributed by atoms with E-state index < -0.39 is 39.0 Å². The lowest BCUT2D eigenvalue weighted by Gasteiger charge is -2.38. The highest BCUT2D eigenvalue weighted by Crippen LogP contribution is 2.40. The van der Waals surface area contributed by atoms with Crippen molar-refractivity contribution in [2.45, 2.75) is 38.8 Å². The van der Waals surface area contributed by atoms with Crippen LogP contribution in [0, 0.1) is 17.0 Å². The van der Waals surface area contributed by atoms with Gasteiger partial charge in [-0.25, -0.2) is 8.42 Å². The summed E-state index contributed by atoms with van der Waals surface area (Å²) >= 11 is 0. The molecule has 0 saturated carbocycles. The molecule has 0 radical (unpaired) electrons. The van der Waals surface area contributed by atoms with Crippen LogP contribution in [0.5, 0.6) is 11.5 Å². The van der Waals surface area contributed by atoms with Crippen LogP contribution in [0.1, 0.15) is 37.4 Å². The van der Waals surface area contributed by atoms with Gasteiger partial charge < -0.3 is 14.8 Å². The molecule has 2 aromatic carbocycles. The van der Waals surface area contributed by atoms with Gasteiger partial charge in [0.15, 0.2) is 0 Å². The molecule has 3 rings (SSSR count). The molecule has 0 fully saturated rings. The molecule has 1 aliphatic rings. The maximum Gasteiger partial charge on any atom is 0.271 e. The number of nitro benzene ring substituents is 1. The third-order valence-electron chi connectivity index (χ3n) is 5.29. The predicted molar refractivity (Wildman–Crippen MR) is 123 cm³/mol. The maximum atomic E-state index is 13.0. The smallest absolute Gasteiger partial charge is 0.271 e. The Morgan fingerprint density at radius 1 is 1.30 bits per heavy atom. The largest absolute Gasteiger partial charge is 0.495 e. The van der Waals surface area contributed by atoms with E-state index in [9.17, 15) is 23.3 Å². The van der Waals surface area contributed by atoms with Gasteiger partial charge in [-0.15, -0.1) is 0 Å². The van der Waals surface area contributed by atoms with Gasteiger partial charge in [0.05, 0.1) is 24.3 Å². The van der Waals surface area contributed by atoms with Crippen LogP contribution in [0.15, 0.2) is 36.4 Å². The molecule has 0 aliphatic carbocycles. The fourth-order valence-corrected chi connectivity index (χ4v) is 4.68. The molecule has 33 heavy (non-hydrogen) atoms. The number of sulfonamides is 1. The number of ether oxygens (including phenoxy) is 2. The molecule has 0 aromatic heterocycles. The molecular formula is C22H27N3O7S. The Balaban J connectivity index is 1.92. The molecule has 1 N–H and O–H groups in total. The normalized spacial score (nSPS) is 16.8. The number of fused-ring (bicyclic) bond motifs is 1. The van der Waals surface area contributed by atoms with E-state index in [1.54, 1.807) is 0 Å². The molecule has 1 unspecified atom stereocenters. The number of benzene rings is 2. The zero-order chi connectivity index (χ0) is 24.6. The van der Waals surface area contributed by atoms with Crippen molar-refractivity contribution in [2.75, 3.05) is 24.2 Å². The molecule has 0 spiro atoms. The fourth-order valence-electron chi connectivity index (χ4n) is 3.83. The summed E-state index contributed by atoms with van der Waals surface area (Å²) in [6.45, 7) is 5.19. The number of hydrogen-bond donors (Lipinski definition) is 1. The highest BCUT2D eigenvalue weighted by atomic mass is 32.2. The predicted octanol–water partition coefficient (Wildman–Crippen LogP) is 3.10. The molecule has 0 saturated heterocycles. The number of nitrogens with one attached hydrogen (secondary N) is 1. The molecule has 1 amide bonds. The second kappa shape index (κ2) is 8.89. The summed E-state index contributed by atoms with van der Waals surface area (Å²) in [6.07, 6.45) is 1.40. The second-order valence-corrected chi connectivity index (χ2v) is 10.5. The van der Waals surface area contributed by atoms with E-state index in [2.05, 4.69) is 5.32 Å². The number of nitro groups is 1. The minimum Gasteiger partial charge on any atom is -0.495 e. The van der Waals surface area contributed by atoms with Crippen molar-refractivity contribution in [1.82, 2.24) is 5.32 Å². The van der Waals surface area contributed by atoms with E-state index in [0.29, 0.717) is 12.2 Å². The number of carbonyl (C=O) groups excluding carboxylic acids is 1. The summed E-state index contributed by atoms with van der Waals surface area (Å²) in [6, 6.07) is 8.86. The molecule has 2 aromatic rings. The zero-order valence-corrected chi connectivity index (χ0v) is 19.9. The number of aryl methyl sites for hydroxylation is 1. The quantitative estimate of drug-likeness (QED) is 0.479. The first kappa shape index (κ1) is 24.3. The number of hydrogen-bond acceptors (Lipinski definition) is 7. The van der Waals surface area contributed by atoms with Crippen molar-refractivity contribution >= 4 is 27.3 Å². The molecule has 1 aliphatic heterocycles. The van der Waals surface area contributed by atoms with E-state index in [1.165, 1.54) is 19.2 Å². The summed E-state index contributed by atoms with van der Waals surface area (Å²) in [5.41, 5.74) is 0.853. The van der Waals surface area contributed by atoms with E-state index in [1.807, 2.05) is 39.0 Å². The lowest BCUT2D eigenvalue weighted by atomic mass is 9.89. The number of rotatable bonds is 7. The zero-order valence-electron chi connectivity index (χ0n) is 19.1. The van der Waals surface area contributed by atoms with Gasteiger partial charge in [0, 0.05) is 24.1 Å². The van der Waals surface area contributed by atoms with Crippen LogP contribution >= 0.6 is 0 Å². The number of non-ortho nitro benzene ring substituents is 1. The topological polar surface area (TPSA) is 128 Å². The maximum absolute atomic E-state index is 13.0. The van der Waals surface area contributed by atoms with Gasteiger partial charge in [0.25, 0.3) is 5.69 Å². The summed E-state index contributed by atoms with van der Waals surface area (Å²) in [5.74, 6) is 0.187. The second-order valence-electron chi connectivity index (χ2n) is 8.61. The van der Waals surface area contributed by atoms with Crippen LogP contribution in [0.4, 0.5) is 11.4 Å². The van der Waals surface area contributed by atoms with Crippen molar-refractivity contribution in [3.63, 3.8) is 0 Å². The van der Waals surface area contributed by atoms with Gasteiger partial charge in [-0.05, 0) is 38.5 Å². The van der Waals surface area contributed by atoms with E-state index in [-0.39, 0.29) is 17.1 Å². The van der Waals surface area contributed by atoms with Crippen molar-refractivity contribution in [2.24, 2.45) is 0 Å². The van der Waals surface area contributed by atoms with Crippen LogP contribution in [0.3, 0.4) is 0 Å². The first-order valence-electron chi connectivity index (χ1n) is 10.2. The van der Waals surface area contributed by atoms with Crippen LogP contribution in [-0.2, 0) is 14.8 Å². The average molecular weight is 478 g/mol. The molecule has 1 atom stereocenters. The average Bonchev–Trinajstić information content (AvgIpc) is 2.69. The Morgan fingerprint density at radius 2 is 2.00 bits per heavy atom. The molecule has 0 bridgehead atoms. The number of carbonyl (C=O) groups is 1. The molecule has 178 valence electrons. The van der Waals surface area contributed by atoms with Crippen LogP contribution in [0.25, 0.3) is 0 Å². The number of anilines is 1. The van der Waals surface area contributed by atoms with Crippen LogP contribution in [0.2, 0.25) is 0 Å². The number of amides is 1. The van der Waals surface area contributed by atoms with Gasteiger partial charge in [-0.3, -0.25) is 19.2 Å². The Hall–Kier alpha value is -3.34. The Morgan fingerprint density at radius 3 is 2.61 bits per heavy atom. The Bertz CT molecular complexity index is 1190. The van der Waals surface area contributed by atoms with Crippen LogP contribution < -0.4 is 19.1 Å². The highest BCUT2D eigenvalue weighted by molar-refractivity contribution is 7.92. The van der Waals surface area contributed by atoms with Crippen molar-refractivity contribution in [1.29, 1.82) is 0 Å². The van der Waals surface area contributed by atoms with Gasteiger partial charge in [0.2, 0.25) is 15.9 Å². The summed E-state index contributed by atoms with van der Waals surface area (Å²) in [4.78, 5) is 23.6. The third kappa shape index (κ3) is 5.54. The summed E-state index contributed by atoms with van der Waals surface area (Å²) in [7, 11) is -2.66. The van der Waals surface area contributed by atoms with Crippen LogP contribution in [-0.4, -0.2) is 44.8 Å². The van der Waals surface area contributed by atoms with Gasteiger partial charge in [0.1, 0.15) is 29.3 Å². The van der Waals surface area contributed by atoms with E-state index in [4.69, 9.17) is 9.47 Å². The summed E-state index contributed by atoms with van der Waals surface area (Å²) < 4.78 is 37.1. The van der Waals surface area contributed by atoms with Crippen molar-refractivity contribution < 1.29 is 27.6 Å². The van der Waals surface area contributed by atoms with Crippen molar-refractivity contribution in [3.05, 3.63) is 57.6 Å². The third-order valence-corrected chi connectivity index (χ3v) is 6.42. The molecule has 10 nitrogen and oxygen atoms in total.